The zero-order chi connectivity index (χ0) is 19.2. The number of hydrogen-bond acceptors (Lipinski definition) is 1. The van der Waals surface area contributed by atoms with Gasteiger partial charge in [-0.05, 0) is 27.8 Å². The predicted octanol–water partition coefficient (Wildman–Crippen LogP) is 6.97. The Hall–Kier alpha value is -3.91. The molecule has 2 aromatic heterocycles. The topological polar surface area (TPSA) is 17.3 Å². The molecule has 0 bridgehead atoms. The van der Waals surface area contributed by atoms with Crippen molar-refractivity contribution in [1.29, 1.82) is 0 Å². The van der Waals surface area contributed by atoms with Crippen LogP contribution < -0.4 is 0 Å². The van der Waals surface area contributed by atoms with Crippen LogP contribution in [-0.2, 0) is 0 Å². The summed E-state index contributed by atoms with van der Waals surface area (Å²) in [6.45, 7) is 0. The minimum Gasteiger partial charge on any atom is -0.232 e. The normalized spacial score (nSPS) is 11.4. The molecular weight excluding hydrogens is 352 g/mol. The van der Waals surface area contributed by atoms with Gasteiger partial charge in [0.1, 0.15) is 0 Å². The van der Waals surface area contributed by atoms with Gasteiger partial charge in [-0.3, -0.25) is 0 Å². The van der Waals surface area contributed by atoms with Crippen molar-refractivity contribution in [3.05, 3.63) is 109 Å². The molecule has 136 valence electrons. The molecule has 0 atom stereocenters. The van der Waals surface area contributed by atoms with Crippen LogP contribution in [0, 0.1) is 0 Å². The minimum absolute atomic E-state index is 1.12. The molecule has 0 saturated heterocycles. The van der Waals surface area contributed by atoms with Crippen molar-refractivity contribution in [2.24, 2.45) is 0 Å². The van der Waals surface area contributed by atoms with Crippen LogP contribution in [0.5, 0.6) is 0 Å². The van der Waals surface area contributed by atoms with Gasteiger partial charge in [0.2, 0.25) is 0 Å². The lowest BCUT2D eigenvalue weighted by atomic mass is 9.91. The standard InChI is InChI=1S/C27H18N2/c1-3-10-20(11-4-1)25-23-16-15-19-9-7-8-14-22(19)26(23)24-17-18-28-29(24)27(25)21-12-5-2-6-13-21/h1-18H. The third-order valence-electron chi connectivity index (χ3n) is 5.66. The van der Waals surface area contributed by atoms with E-state index in [1.807, 2.05) is 6.20 Å². The average Bonchev–Trinajstić information content (AvgIpc) is 3.28. The molecule has 2 heterocycles. The third-order valence-corrected chi connectivity index (χ3v) is 5.66. The van der Waals surface area contributed by atoms with Gasteiger partial charge in [-0.2, -0.15) is 5.10 Å². The Morgan fingerprint density at radius 1 is 0.552 bits per heavy atom. The molecule has 0 unspecified atom stereocenters. The second kappa shape index (κ2) is 6.32. The van der Waals surface area contributed by atoms with Crippen LogP contribution in [-0.4, -0.2) is 9.61 Å². The van der Waals surface area contributed by atoms with Gasteiger partial charge in [0.25, 0.3) is 0 Å². The predicted molar refractivity (Wildman–Crippen MR) is 121 cm³/mol. The first-order valence-electron chi connectivity index (χ1n) is 9.84. The van der Waals surface area contributed by atoms with Crippen molar-refractivity contribution < 1.29 is 0 Å². The van der Waals surface area contributed by atoms with Crippen LogP contribution in [0.3, 0.4) is 0 Å². The summed E-state index contributed by atoms with van der Waals surface area (Å²) in [5, 5.41) is 9.76. The highest BCUT2D eigenvalue weighted by atomic mass is 15.2. The maximum Gasteiger partial charge on any atom is 0.0809 e. The van der Waals surface area contributed by atoms with Gasteiger partial charge in [-0.15, -0.1) is 0 Å². The molecule has 29 heavy (non-hydrogen) atoms. The molecule has 0 aliphatic carbocycles. The van der Waals surface area contributed by atoms with E-state index in [2.05, 4.69) is 108 Å². The molecule has 0 aliphatic heterocycles. The summed E-state index contributed by atoms with van der Waals surface area (Å²) in [4.78, 5) is 0. The number of nitrogens with zero attached hydrogens (tertiary/aromatic N) is 2. The van der Waals surface area contributed by atoms with E-state index in [0.717, 1.165) is 16.8 Å². The van der Waals surface area contributed by atoms with E-state index in [-0.39, 0.29) is 0 Å². The van der Waals surface area contributed by atoms with E-state index in [0.29, 0.717) is 0 Å². The zero-order valence-electron chi connectivity index (χ0n) is 15.8. The van der Waals surface area contributed by atoms with E-state index >= 15 is 0 Å². The Balaban J connectivity index is 1.91. The average molecular weight is 370 g/mol. The Bertz CT molecular complexity index is 1480. The van der Waals surface area contributed by atoms with Crippen molar-refractivity contribution in [3.8, 4) is 22.4 Å². The highest BCUT2D eigenvalue weighted by Crippen LogP contribution is 2.42. The van der Waals surface area contributed by atoms with Gasteiger partial charge < -0.3 is 0 Å². The molecule has 0 N–H and O–H groups in total. The first-order valence-corrected chi connectivity index (χ1v) is 9.84. The van der Waals surface area contributed by atoms with E-state index in [4.69, 9.17) is 5.10 Å². The monoisotopic (exact) mass is 370 g/mol. The van der Waals surface area contributed by atoms with Crippen LogP contribution in [0.4, 0.5) is 0 Å². The second-order valence-corrected chi connectivity index (χ2v) is 7.29. The molecule has 0 amide bonds. The fourth-order valence-electron chi connectivity index (χ4n) is 4.42. The lowest BCUT2D eigenvalue weighted by Gasteiger charge is -2.18. The van der Waals surface area contributed by atoms with Crippen molar-refractivity contribution >= 4 is 27.1 Å². The SMILES string of the molecule is c1ccc(-c2c(-c3ccccc3)n3nccc3c3c2ccc2ccccc23)cc1. The van der Waals surface area contributed by atoms with Crippen LogP contribution in [0.25, 0.3) is 49.4 Å². The fourth-order valence-corrected chi connectivity index (χ4v) is 4.42. The Labute approximate surface area is 168 Å². The maximum atomic E-state index is 4.75. The van der Waals surface area contributed by atoms with Crippen LogP contribution in [0.1, 0.15) is 0 Å². The number of pyridine rings is 1. The molecular formula is C27H18N2. The third kappa shape index (κ3) is 2.39. The Morgan fingerprint density at radius 2 is 1.24 bits per heavy atom. The first-order chi connectivity index (χ1) is 14.4. The smallest absolute Gasteiger partial charge is 0.0809 e. The van der Waals surface area contributed by atoms with E-state index < -0.39 is 0 Å². The van der Waals surface area contributed by atoms with Gasteiger partial charge in [0, 0.05) is 16.5 Å². The summed E-state index contributed by atoms with van der Waals surface area (Å²) in [6, 6.07) is 36.4. The number of hydrogen-bond donors (Lipinski definition) is 0. The molecule has 6 aromatic rings. The molecule has 2 nitrogen and oxygen atoms in total. The highest BCUT2D eigenvalue weighted by Gasteiger charge is 2.19. The van der Waals surface area contributed by atoms with Gasteiger partial charge >= 0.3 is 0 Å². The summed E-state index contributed by atoms with van der Waals surface area (Å²) in [5.74, 6) is 0. The first kappa shape index (κ1) is 16.1. The van der Waals surface area contributed by atoms with E-state index in [1.165, 1.54) is 32.7 Å². The lowest BCUT2D eigenvalue weighted by molar-refractivity contribution is 0.976. The lowest BCUT2D eigenvalue weighted by Crippen LogP contribution is -2.00. The van der Waals surface area contributed by atoms with Crippen LogP contribution in [0.15, 0.2) is 109 Å². The largest absolute Gasteiger partial charge is 0.232 e. The number of fused-ring (bicyclic) bond motifs is 5. The number of aromatic nitrogens is 2. The van der Waals surface area contributed by atoms with Crippen LogP contribution >= 0.6 is 0 Å². The molecule has 0 saturated carbocycles. The van der Waals surface area contributed by atoms with Crippen molar-refractivity contribution in [1.82, 2.24) is 9.61 Å². The van der Waals surface area contributed by atoms with Gasteiger partial charge in [0.05, 0.1) is 17.4 Å². The summed E-state index contributed by atoms with van der Waals surface area (Å²) < 4.78 is 2.10. The molecule has 0 radical (unpaired) electrons. The second-order valence-electron chi connectivity index (χ2n) is 7.29. The van der Waals surface area contributed by atoms with Gasteiger partial charge in [0.15, 0.2) is 0 Å². The number of rotatable bonds is 2. The molecule has 6 rings (SSSR count). The van der Waals surface area contributed by atoms with E-state index in [9.17, 15) is 0 Å². The zero-order valence-corrected chi connectivity index (χ0v) is 15.8. The molecule has 4 aromatic carbocycles. The highest BCUT2D eigenvalue weighted by molar-refractivity contribution is 6.20. The van der Waals surface area contributed by atoms with Crippen molar-refractivity contribution in [2.75, 3.05) is 0 Å². The van der Waals surface area contributed by atoms with Crippen LogP contribution in [0.2, 0.25) is 0 Å². The molecule has 2 heteroatoms. The quantitative estimate of drug-likeness (QED) is 0.301. The molecule has 0 aliphatic rings. The molecule has 0 spiro atoms. The summed E-state index contributed by atoms with van der Waals surface area (Å²) in [7, 11) is 0. The Kier molecular flexibility index (Phi) is 3.50. The maximum absolute atomic E-state index is 4.75. The number of benzene rings is 4. The summed E-state index contributed by atoms with van der Waals surface area (Å²) in [5.41, 5.74) is 5.84. The van der Waals surface area contributed by atoms with Crippen molar-refractivity contribution in [3.63, 3.8) is 0 Å². The molecule has 0 fully saturated rings. The van der Waals surface area contributed by atoms with Gasteiger partial charge in [-0.1, -0.05) is 97.1 Å². The Morgan fingerprint density at radius 3 is 2.03 bits per heavy atom. The van der Waals surface area contributed by atoms with Gasteiger partial charge in [-0.25, -0.2) is 4.52 Å². The fraction of sp³-hybridized carbons (Fsp3) is 0. The van der Waals surface area contributed by atoms with E-state index in [1.54, 1.807) is 0 Å². The minimum atomic E-state index is 1.12. The van der Waals surface area contributed by atoms with Crippen molar-refractivity contribution in [2.45, 2.75) is 0 Å². The summed E-state index contributed by atoms with van der Waals surface area (Å²) in [6.07, 6.45) is 1.90. The summed E-state index contributed by atoms with van der Waals surface area (Å²) >= 11 is 0.